The highest BCUT2D eigenvalue weighted by Crippen LogP contribution is 2.47. The number of ether oxygens (including phenoxy) is 1. The summed E-state index contributed by atoms with van der Waals surface area (Å²) in [6.07, 6.45) is 7.97. The van der Waals surface area contributed by atoms with Crippen LogP contribution in [0.2, 0.25) is 0 Å². The van der Waals surface area contributed by atoms with E-state index in [9.17, 15) is 27.2 Å². The van der Waals surface area contributed by atoms with Crippen molar-refractivity contribution in [3.8, 4) is 5.19 Å². The Hall–Kier alpha value is -4.04. The van der Waals surface area contributed by atoms with E-state index in [0.29, 0.717) is 30.9 Å². The number of fused-ring (bicyclic) bond motifs is 3. The minimum atomic E-state index is -3.96. The molecule has 2 aromatic carbocycles. The molecule has 2 aliphatic heterocycles. The third-order valence-corrected chi connectivity index (χ3v) is 13.3. The second-order valence-electron chi connectivity index (χ2n) is 13.8. The van der Waals surface area contributed by atoms with Gasteiger partial charge in [-0.3, -0.25) is 19.1 Å². The summed E-state index contributed by atoms with van der Waals surface area (Å²) in [6.45, 7) is 1.66. The normalized spacial score (nSPS) is 29.1. The van der Waals surface area contributed by atoms with Gasteiger partial charge in [0.25, 0.3) is 11.1 Å². The number of anilines is 1. The van der Waals surface area contributed by atoms with Gasteiger partial charge >= 0.3 is 0 Å². The molecule has 1 aromatic heterocycles. The summed E-state index contributed by atoms with van der Waals surface area (Å²) < 4.78 is 49.4. The molecule has 4 aliphatic rings. The summed E-state index contributed by atoms with van der Waals surface area (Å²) in [4.78, 5) is 48.4. The van der Waals surface area contributed by atoms with Gasteiger partial charge in [0.05, 0.1) is 27.2 Å². The van der Waals surface area contributed by atoms with Crippen molar-refractivity contribution >= 4 is 55.0 Å². The maximum absolute atomic E-state index is 14.8. The molecule has 3 N–H and O–H groups in total. The number of carbonyl (C=O) groups excluding carboxylic acids is 3. The molecule has 11 nitrogen and oxygen atoms in total. The van der Waals surface area contributed by atoms with Crippen LogP contribution in [0.25, 0.3) is 10.2 Å². The molecule has 5 atom stereocenters. The van der Waals surface area contributed by atoms with Gasteiger partial charge in [0.15, 0.2) is 0 Å². The van der Waals surface area contributed by atoms with E-state index >= 15 is 0 Å². The molecule has 260 valence electrons. The van der Waals surface area contributed by atoms with Crippen molar-refractivity contribution in [3.63, 3.8) is 0 Å². The van der Waals surface area contributed by atoms with E-state index in [1.54, 1.807) is 25.1 Å². The first-order valence-electron chi connectivity index (χ1n) is 16.9. The summed E-state index contributed by atoms with van der Waals surface area (Å²) in [7, 11) is -3.96. The van der Waals surface area contributed by atoms with Gasteiger partial charge < -0.3 is 20.3 Å². The van der Waals surface area contributed by atoms with Gasteiger partial charge in [0.1, 0.15) is 29.5 Å². The Balaban J connectivity index is 1.19. The predicted molar refractivity (Wildman–Crippen MR) is 184 cm³/mol. The molecule has 2 saturated carbocycles. The molecule has 14 heteroatoms. The number of amides is 3. The number of aromatic nitrogens is 1. The summed E-state index contributed by atoms with van der Waals surface area (Å²) in [5, 5.41) is 6.40. The van der Waals surface area contributed by atoms with Crippen molar-refractivity contribution in [2.24, 2.45) is 5.92 Å². The van der Waals surface area contributed by atoms with E-state index in [2.05, 4.69) is 20.3 Å². The molecule has 3 fully saturated rings. The second kappa shape index (κ2) is 13.0. The molecule has 0 bridgehead atoms. The Kier molecular flexibility index (Phi) is 8.89. The Morgan fingerprint density at radius 2 is 1.88 bits per heavy atom. The molecule has 3 heterocycles. The van der Waals surface area contributed by atoms with Crippen molar-refractivity contribution in [1.29, 1.82) is 0 Å². The summed E-state index contributed by atoms with van der Waals surface area (Å²) in [6, 6.07) is 11.9. The lowest BCUT2D eigenvalue weighted by molar-refractivity contribution is -0.140. The second-order valence-corrected chi connectivity index (χ2v) is 17.0. The number of hydrogen-bond acceptors (Lipinski definition) is 9. The molecule has 0 spiro atoms. The Morgan fingerprint density at radius 3 is 2.65 bits per heavy atom. The maximum atomic E-state index is 14.8. The molecular weight excluding hydrogens is 670 g/mol. The Bertz CT molecular complexity index is 1880. The highest BCUT2D eigenvalue weighted by Gasteiger charge is 2.63. The zero-order valence-corrected chi connectivity index (χ0v) is 28.8. The van der Waals surface area contributed by atoms with E-state index in [0.717, 1.165) is 29.5 Å². The number of sulfonamides is 1. The quantitative estimate of drug-likeness (QED) is 0.301. The van der Waals surface area contributed by atoms with Crippen molar-refractivity contribution in [2.45, 2.75) is 93.2 Å². The molecule has 3 amide bonds. The highest BCUT2D eigenvalue weighted by atomic mass is 32.2. The SMILES string of the molecule is CC1(S(=O)(=O)NC(=O)[C@@]23C[C@H]2/C=C\CCCCC[C@H](Nc2ccccc2F)C(=O)N2C[C@H](Oc4nc5ccccc5s4)C[C@H]2C(=O)N3)CC1. The van der Waals surface area contributed by atoms with Gasteiger partial charge in [-0.05, 0) is 69.7 Å². The van der Waals surface area contributed by atoms with Crippen LogP contribution in [0.4, 0.5) is 10.1 Å². The highest BCUT2D eigenvalue weighted by molar-refractivity contribution is 7.91. The molecule has 3 aromatic rings. The average molecular weight is 710 g/mol. The molecule has 49 heavy (non-hydrogen) atoms. The number of halogens is 1. The van der Waals surface area contributed by atoms with Crippen molar-refractivity contribution in [3.05, 3.63) is 66.5 Å². The number of nitrogens with one attached hydrogen (secondary N) is 3. The lowest BCUT2D eigenvalue weighted by Gasteiger charge is -2.30. The number of para-hydroxylation sites is 2. The third kappa shape index (κ3) is 6.77. The fourth-order valence-electron chi connectivity index (χ4n) is 6.76. The summed E-state index contributed by atoms with van der Waals surface area (Å²) in [5.41, 5.74) is -0.516. The van der Waals surface area contributed by atoms with E-state index in [4.69, 9.17) is 4.74 Å². The first kappa shape index (κ1) is 33.5. The average Bonchev–Trinajstić information content (AvgIpc) is 3.88. The minimum Gasteiger partial charge on any atom is -0.465 e. The van der Waals surface area contributed by atoms with E-state index < -0.39 is 62.0 Å². The third-order valence-electron chi connectivity index (χ3n) is 10.2. The monoisotopic (exact) mass is 709 g/mol. The van der Waals surface area contributed by atoms with Gasteiger partial charge in [-0.2, -0.15) is 0 Å². The number of allylic oxidation sites excluding steroid dienone is 1. The van der Waals surface area contributed by atoms with Crippen LogP contribution < -0.4 is 20.1 Å². The van der Waals surface area contributed by atoms with Crippen LogP contribution in [-0.2, 0) is 24.4 Å². The number of thiazole rings is 1. The maximum Gasteiger partial charge on any atom is 0.274 e. The lowest BCUT2D eigenvalue weighted by Crippen LogP contribution is -2.58. The Labute approximate surface area is 288 Å². The predicted octanol–water partition coefficient (Wildman–Crippen LogP) is 4.66. The largest absolute Gasteiger partial charge is 0.465 e. The zero-order valence-electron chi connectivity index (χ0n) is 27.2. The molecule has 7 rings (SSSR count). The zero-order chi connectivity index (χ0) is 34.4. The molecular formula is C35H40FN5O6S2. The molecule has 0 unspecified atom stereocenters. The van der Waals surface area contributed by atoms with E-state index in [-0.39, 0.29) is 31.0 Å². The van der Waals surface area contributed by atoms with Crippen LogP contribution in [0.3, 0.4) is 0 Å². The number of rotatable bonds is 7. The van der Waals surface area contributed by atoms with E-state index in [1.165, 1.54) is 22.3 Å². The fraction of sp³-hybridized carbons (Fsp3) is 0.486. The van der Waals surface area contributed by atoms with Crippen LogP contribution in [0.15, 0.2) is 60.7 Å². The standard InChI is InChI=1S/C35H40FN5O6S2/c1-34(17-18-34)49(45,46)40-32(44)35-20-22(35)11-5-3-2-4-6-15-27(37-25-13-8-7-12-24(25)36)31(43)41-21-23(19-28(41)30(42)39-35)47-33-38-26-14-9-10-16-29(26)48-33/h5,7-14,16,22-23,27-28,37H,2-4,6,15,17-21H2,1H3,(H,39,42)(H,40,44)/b11-5-/t22-,23-,27+,28+,35-/m1/s1. The van der Waals surface area contributed by atoms with Crippen LogP contribution in [0.5, 0.6) is 5.19 Å². The van der Waals surface area contributed by atoms with E-state index in [1.807, 2.05) is 36.4 Å². The molecule has 2 aliphatic carbocycles. The minimum absolute atomic E-state index is 0.0670. The van der Waals surface area contributed by atoms with Gasteiger partial charge in [-0.15, -0.1) is 0 Å². The van der Waals surface area contributed by atoms with Gasteiger partial charge in [-0.25, -0.2) is 17.8 Å². The Morgan fingerprint density at radius 1 is 1.10 bits per heavy atom. The van der Waals surface area contributed by atoms with Crippen molar-refractivity contribution in [1.82, 2.24) is 19.9 Å². The van der Waals surface area contributed by atoms with Crippen LogP contribution in [0.1, 0.15) is 64.7 Å². The van der Waals surface area contributed by atoms with Crippen molar-refractivity contribution in [2.75, 3.05) is 11.9 Å². The smallest absolute Gasteiger partial charge is 0.274 e. The van der Waals surface area contributed by atoms with Gasteiger partial charge in [-0.1, -0.05) is 60.6 Å². The van der Waals surface area contributed by atoms with Crippen LogP contribution in [-0.4, -0.2) is 71.0 Å². The topological polar surface area (TPSA) is 147 Å². The summed E-state index contributed by atoms with van der Waals surface area (Å²) in [5.74, 6) is -2.64. The van der Waals surface area contributed by atoms with Crippen LogP contribution in [0, 0.1) is 11.7 Å². The number of nitrogens with zero attached hydrogens (tertiary/aromatic N) is 2. The number of hydrogen-bond donors (Lipinski definition) is 3. The van der Waals surface area contributed by atoms with Gasteiger partial charge in [0, 0.05) is 12.3 Å². The molecule has 0 radical (unpaired) electrons. The fourth-order valence-corrected chi connectivity index (χ4v) is 8.95. The first-order valence-corrected chi connectivity index (χ1v) is 19.2. The van der Waals surface area contributed by atoms with Crippen molar-refractivity contribution < 1.29 is 31.9 Å². The lowest BCUT2D eigenvalue weighted by atomic mass is 10.0. The number of carbonyl (C=O) groups is 3. The summed E-state index contributed by atoms with van der Waals surface area (Å²) >= 11 is 1.36. The number of benzene rings is 2. The first-order chi connectivity index (χ1) is 23.5. The molecule has 1 saturated heterocycles. The van der Waals surface area contributed by atoms with Crippen LogP contribution >= 0.6 is 11.3 Å². The van der Waals surface area contributed by atoms with Gasteiger partial charge in [0.2, 0.25) is 21.8 Å².